The van der Waals surface area contributed by atoms with Gasteiger partial charge in [-0.1, -0.05) is 56.2 Å². The Morgan fingerprint density at radius 1 is 0.706 bits per heavy atom. The summed E-state index contributed by atoms with van der Waals surface area (Å²) in [6.07, 6.45) is 22.4. The lowest BCUT2D eigenvalue weighted by atomic mass is 10.2. The van der Waals surface area contributed by atoms with Crippen molar-refractivity contribution in [3.63, 3.8) is 0 Å². The van der Waals surface area contributed by atoms with Gasteiger partial charge in [0, 0.05) is 6.61 Å². The van der Waals surface area contributed by atoms with Gasteiger partial charge in [0.1, 0.15) is 0 Å². The van der Waals surface area contributed by atoms with E-state index in [1.54, 1.807) is 0 Å². The van der Waals surface area contributed by atoms with E-state index in [9.17, 15) is 0 Å². The van der Waals surface area contributed by atoms with Gasteiger partial charge >= 0.3 is 0 Å². The predicted octanol–water partition coefficient (Wildman–Crippen LogP) is 4.79. The van der Waals surface area contributed by atoms with E-state index < -0.39 is 0 Å². The first-order valence-corrected chi connectivity index (χ1v) is 6.99. The molecule has 0 unspecified atom stereocenters. The number of allylic oxidation sites excluding steroid dienone is 6. The van der Waals surface area contributed by atoms with Crippen molar-refractivity contribution >= 4 is 0 Å². The average molecular weight is 236 g/mol. The van der Waals surface area contributed by atoms with Crippen LogP contribution in [0.1, 0.15) is 58.3 Å². The van der Waals surface area contributed by atoms with Crippen LogP contribution in [0.2, 0.25) is 0 Å². The molecule has 0 aromatic carbocycles. The molecule has 1 heteroatoms. The molecule has 0 amide bonds. The molecule has 0 atom stereocenters. The molecule has 0 aliphatic carbocycles. The van der Waals surface area contributed by atoms with E-state index in [1.165, 1.54) is 25.7 Å². The van der Waals surface area contributed by atoms with E-state index in [-0.39, 0.29) is 6.61 Å². The SMILES string of the molecule is CCCCC/C=C\CC/C=C/C=C/CCCO. The Labute approximate surface area is 107 Å². The van der Waals surface area contributed by atoms with Gasteiger partial charge in [0.2, 0.25) is 0 Å². The monoisotopic (exact) mass is 236 g/mol. The molecule has 0 aliphatic heterocycles. The second-order valence-corrected chi connectivity index (χ2v) is 4.27. The van der Waals surface area contributed by atoms with Crippen LogP contribution in [0.4, 0.5) is 0 Å². The van der Waals surface area contributed by atoms with E-state index in [1.807, 2.05) is 0 Å². The highest BCUT2D eigenvalue weighted by atomic mass is 16.2. The molecule has 1 N–H and O–H groups in total. The van der Waals surface area contributed by atoms with Crippen LogP contribution >= 0.6 is 0 Å². The zero-order valence-corrected chi connectivity index (χ0v) is 11.3. The van der Waals surface area contributed by atoms with Crippen molar-refractivity contribution in [2.75, 3.05) is 6.61 Å². The van der Waals surface area contributed by atoms with Gasteiger partial charge in [0.15, 0.2) is 0 Å². The lowest BCUT2D eigenvalue weighted by molar-refractivity contribution is 0.289. The molecule has 0 aromatic rings. The molecule has 0 radical (unpaired) electrons. The summed E-state index contributed by atoms with van der Waals surface area (Å²) in [7, 11) is 0. The summed E-state index contributed by atoms with van der Waals surface area (Å²) in [5, 5.41) is 8.58. The van der Waals surface area contributed by atoms with Crippen LogP contribution < -0.4 is 0 Å². The maximum absolute atomic E-state index is 8.58. The largest absolute Gasteiger partial charge is 0.396 e. The van der Waals surface area contributed by atoms with Crippen LogP contribution in [0.15, 0.2) is 36.5 Å². The molecular weight excluding hydrogens is 208 g/mol. The summed E-state index contributed by atoms with van der Waals surface area (Å²) in [6, 6.07) is 0. The molecule has 0 rings (SSSR count). The Bertz CT molecular complexity index is 214. The van der Waals surface area contributed by atoms with E-state index in [2.05, 4.69) is 43.4 Å². The van der Waals surface area contributed by atoms with Crippen LogP contribution in [0.25, 0.3) is 0 Å². The molecule has 0 fully saturated rings. The average Bonchev–Trinajstić information content (AvgIpc) is 2.35. The number of hydrogen-bond donors (Lipinski definition) is 1. The third kappa shape index (κ3) is 15.2. The Balaban J connectivity index is 3.26. The normalized spacial score (nSPS) is 12.4. The van der Waals surface area contributed by atoms with Crippen molar-refractivity contribution in [1.82, 2.24) is 0 Å². The summed E-state index contributed by atoms with van der Waals surface area (Å²) >= 11 is 0. The molecule has 1 nitrogen and oxygen atoms in total. The van der Waals surface area contributed by atoms with Crippen LogP contribution in [0, 0.1) is 0 Å². The van der Waals surface area contributed by atoms with Crippen molar-refractivity contribution in [2.24, 2.45) is 0 Å². The first-order chi connectivity index (χ1) is 8.41. The molecule has 0 aliphatic rings. The quantitative estimate of drug-likeness (QED) is 0.311. The predicted molar refractivity (Wildman–Crippen MR) is 77.1 cm³/mol. The third-order valence-corrected chi connectivity index (χ3v) is 2.55. The van der Waals surface area contributed by atoms with E-state index >= 15 is 0 Å². The topological polar surface area (TPSA) is 20.2 Å². The van der Waals surface area contributed by atoms with Gasteiger partial charge in [-0.05, 0) is 38.5 Å². The van der Waals surface area contributed by atoms with Gasteiger partial charge in [-0.3, -0.25) is 0 Å². The minimum absolute atomic E-state index is 0.289. The maximum Gasteiger partial charge on any atom is 0.0433 e. The molecule has 0 heterocycles. The number of unbranched alkanes of at least 4 members (excludes halogenated alkanes) is 5. The lowest BCUT2D eigenvalue weighted by Gasteiger charge is -1.91. The van der Waals surface area contributed by atoms with Gasteiger partial charge in [0.05, 0.1) is 0 Å². The summed E-state index contributed by atoms with van der Waals surface area (Å²) < 4.78 is 0. The van der Waals surface area contributed by atoms with Crippen molar-refractivity contribution in [3.8, 4) is 0 Å². The summed E-state index contributed by atoms with van der Waals surface area (Å²) in [5.74, 6) is 0. The Morgan fingerprint density at radius 3 is 2.00 bits per heavy atom. The highest BCUT2D eigenvalue weighted by Crippen LogP contribution is 2.01. The second-order valence-electron chi connectivity index (χ2n) is 4.27. The molecule has 0 bridgehead atoms. The van der Waals surface area contributed by atoms with Gasteiger partial charge < -0.3 is 5.11 Å². The fraction of sp³-hybridized carbons (Fsp3) is 0.625. The van der Waals surface area contributed by atoms with Gasteiger partial charge in [-0.25, -0.2) is 0 Å². The number of aliphatic hydroxyl groups is 1. The zero-order valence-electron chi connectivity index (χ0n) is 11.3. The minimum atomic E-state index is 0.289. The fourth-order valence-electron chi connectivity index (χ4n) is 1.50. The molecule has 0 aromatic heterocycles. The van der Waals surface area contributed by atoms with Crippen LogP contribution in [0.5, 0.6) is 0 Å². The van der Waals surface area contributed by atoms with Crippen molar-refractivity contribution in [1.29, 1.82) is 0 Å². The minimum Gasteiger partial charge on any atom is -0.396 e. The molecule has 17 heavy (non-hydrogen) atoms. The Kier molecular flexibility index (Phi) is 14.4. The van der Waals surface area contributed by atoms with Gasteiger partial charge in [-0.15, -0.1) is 0 Å². The molecule has 0 saturated heterocycles. The van der Waals surface area contributed by atoms with Crippen LogP contribution in [-0.4, -0.2) is 11.7 Å². The summed E-state index contributed by atoms with van der Waals surface area (Å²) in [4.78, 5) is 0. The van der Waals surface area contributed by atoms with Crippen molar-refractivity contribution in [2.45, 2.75) is 58.3 Å². The molecular formula is C16H28O. The van der Waals surface area contributed by atoms with Crippen LogP contribution in [-0.2, 0) is 0 Å². The number of rotatable bonds is 11. The number of aliphatic hydroxyl groups excluding tert-OH is 1. The van der Waals surface area contributed by atoms with Crippen molar-refractivity contribution in [3.05, 3.63) is 36.5 Å². The summed E-state index contributed by atoms with van der Waals surface area (Å²) in [6.45, 7) is 2.53. The second kappa shape index (κ2) is 15.2. The smallest absolute Gasteiger partial charge is 0.0433 e. The van der Waals surface area contributed by atoms with Crippen molar-refractivity contribution < 1.29 is 5.11 Å². The Hall–Kier alpha value is -0.820. The first kappa shape index (κ1) is 16.2. The maximum atomic E-state index is 8.58. The molecule has 98 valence electrons. The van der Waals surface area contributed by atoms with Gasteiger partial charge in [-0.2, -0.15) is 0 Å². The van der Waals surface area contributed by atoms with E-state index in [0.717, 1.165) is 25.7 Å². The highest BCUT2D eigenvalue weighted by molar-refractivity contribution is 5.02. The summed E-state index contributed by atoms with van der Waals surface area (Å²) in [5.41, 5.74) is 0. The lowest BCUT2D eigenvalue weighted by Crippen LogP contribution is -1.77. The van der Waals surface area contributed by atoms with Gasteiger partial charge in [0.25, 0.3) is 0 Å². The Morgan fingerprint density at radius 2 is 1.29 bits per heavy atom. The fourth-order valence-corrected chi connectivity index (χ4v) is 1.50. The standard InChI is InChI=1S/C16H28O/c1-2-3-4-5-6-7-8-9-10-11-12-13-14-15-16-17/h6-7,10-13,17H,2-5,8-9,14-16H2,1H3/b7-6-,11-10+,13-12+. The van der Waals surface area contributed by atoms with E-state index in [4.69, 9.17) is 5.11 Å². The third-order valence-electron chi connectivity index (χ3n) is 2.55. The van der Waals surface area contributed by atoms with E-state index in [0.29, 0.717) is 0 Å². The van der Waals surface area contributed by atoms with Crippen LogP contribution in [0.3, 0.4) is 0 Å². The number of hydrogen-bond acceptors (Lipinski definition) is 1. The zero-order chi connectivity index (χ0) is 12.6. The molecule has 0 saturated carbocycles. The molecule has 0 spiro atoms. The first-order valence-electron chi connectivity index (χ1n) is 6.99. The highest BCUT2D eigenvalue weighted by Gasteiger charge is 1.81.